The zero-order valence-electron chi connectivity index (χ0n) is 8.15. The third kappa shape index (κ3) is 3.68. The van der Waals surface area contributed by atoms with E-state index in [4.69, 9.17) is 0 Å². The molecule has 0 saturated heterocycles. The van der Waals surface area contributed by atoms with Gasteiger partial charge in [0.2, 0.25) is 0 Å². The lowest BCUT2D eigenvalue weighted by atomic mass is 10.3. The topological polar surface area (TPSA) is 48.3 Å². The number of hydrogen-bond acceptors (Lipinski definition) is 4. The van der Waals surface area contributed by atoms with Crippen molar-refractivity contribution in [2.75, 3.05) is 0 Å². The highest BCUT2D eigenvalue weighted by atomic mass is 79.9. The van der Waals surface area contributed by atoms with Gasteiger partial charge in [0.1, 0.15) is 31.9 Å². The van der Waals surface area contributed by atoms with Crippen LogP contribution in [-0.4, -0.2) is 20.5 Å². The van der Waals surface area contributed by atoms with Crippen molar-refractivity contribution in [3.8, 4) is 0 Å². The Labute approximate surface area is 99.1 Å². The maximum Gasteiger partial charge on any atom is 0.144 e. The highest BCUT2D eigenvalue weighted by Crippen LogP contribution is 2.18. The quantitative estimate of drug-likeness (QED) is 0.622. The fourth-order valence-corrected chi connectivity index (χ4v) is 2.28. The van der Waals surface area contributed by atoms with E-state index >= 15 is 0 Å². The standard InChI is InChI=1S/C8H11BrN2OS2/c1-8(2,3)14(12)10-4-7-11-6(9)5-13-7/h4-5H,1-3H3. The predicted octanol–water partition coefficient (Wildman–Crippen LogP) is 2.79. The zero-order chi connectivity index (χ0) is 10.8. The molecule has 6 heteroatoms. The summed E-state index contributed by atoms with van der Waals surface area (Å²) in [6, 6.07) is 0. The summed E-state index contributed by atoms with van der Waals surface area (Å²) in [5.74, 6) is 0. The molecule has 0 radical (unpaired) electrons. The van der Waals surface area contributed by atoms with Gasteiger partial charge in [-0.3, -0.25) is 0 Å². The van der Waals surface area contributed by atoms with Gasteiger partial charge in [-0.25, -0.2) is 4.98 Å². The number of rotatable bonds is 2. The van der Waals surface area contributed by atoms with Gasteiger partial charge < -0.3 is 4.55 Å². The van der Waals surface area contributed by atoms with Crippen LogP contribution in [-0.2, 0) is 11.4 Å². The van der Waals surface area contributed by atoms with E-state index in [9.17, 15) is 4.55 Å². The van der Waals surface area contributed by atoms with Crippen molar-refractivity contribution in [2.24, 2.45) is 4.40 Å². The number of hydrogen-bond donors (Lipinski definition) is 0. The number of thiazole rings is 1. The molecule has 0 bridgehead atoms. The number of nitrogens with zero attached hydrogens (tertiary/aromatic N) is 2. The summed E-state index contributed by atoms with van der Waals surface area (Å²) in [6.07, 6.45) is 1.55. The average Bonchev–Trinajstić information content (AvgIpc) is 2.45. The van der Waals surface area contributed by atoms with Gasteiger partial charge in [-0.15, -0.1) is 11.3 Å². The van der Waals surface area contributed by atoms with Crippen LogP contribution in [0.1, 0.15) is 25.8 Å². The second-order valence-electron chi connectivity index (χ2n) is 3.60. The summed E-state index contributed by atoms with van der Waals surface area (Å²) in [4.78, 5) is 4.12. The Bertz CT molecular complexity index is 332. The SMILES string of the molecule is CC(C)(C)[S+]([O-])N=Cc1nc(Br)cs1. The predicted molar refractivity (Wildman–Crippen MR) is 65.3 cm³/mol. The number of halogens is 1. The average molecular weight is 295 g/mol. The molecule has 0 aliphatic carbocycles. The summed E-state index contributed by atoms with van der Waals surface area (Å²) in [7, 11) is 0. The fourth-order valence-electron chi connectivity index (χ4n) is 0.577. The highest BCUT2D eigenvalue weighted by molar-refractivity contribution is 9.10. The Morgan fingerprint density at radius 2 is 2.29 bits per heavy atom. The van der Waals surface area contributed by atoms with E-state index in [0.29, 0.717) is 0 Å². The molecular formula is C8H11BrN2OS2. The van der Waals surface area contributed by atoms with Gasteiger partial charge in [0, 0.05) is 5.38 Å². The Balaban J connectivity index is 2.65. The monoisotopic (exact) mass is 294 g/mol. The minimum atomic E-state index is -1.21. The molecule has 1 heterocycles. The van der Waals surface area contributed by atoms with E-state index in [2.05, 4.69) is 25.3 Å². The van der Waals surface area contributed by atoms with Crippen molar-refractivity contribution in [1.29, 1.82) is 0 Å². The van der Waals surface area contributed by atoms with Crippen molar-refractivity contribution >= 4 is 44.8 Å². The normalized spacial score (nSPS) is 14.9. The molecule has 1 unspecified atom stereocenters. The molecule has 78 valence electrons. The van der Waals surface area contributed by atoms with Crippen LogP contribution in [0.2, 0.25) is 0 Å². The first-order chi connectivity index (χ1) is 6.39. The Morgan fingerprint density at radius 1 is 1.64 bits per heavy atom. The van der Waals surface area contributed by atoms with E-state index in [0.717, 1.165) is 9.61 Å². The molecule has 1 aromatic rings. The van der Waals surface area contributed by atoms with Crippen LogP contribution in [0.3, 0.4) is 0 Å². The lowest BCUT2D eigenvalue weighted by molar-refractivity contribution is 0.562. The minimum Gasteiger partial charge on any atom is -0.591 e. The second kappa shape index (κ2) is 4.74. The molecule has 0 spiro atoms. The van der Waals surface area contributed by atoms with Crippen LogP contribution in [0.25, 0.3) is 0 Å². The molecule has 1 aromatic heterocycles. The summed E-state index contributed by atoms with van der Waals surface area (Å²) >= 11 is 3.49. The molecule has 0 aliphatic rings. The molecule has 1 atom stereocenters. The summed E-state index contributed by atoms with van der Waals surface area (Å²) < 4.78 is 15.9. The van der Waals surface area contributed by atoms with Crippen molar-refractivity contribution < 1.29 is 4.55 Å². The van der Waals surface area contributed by atoms with E-state index in [1.807, 2.05) is 26.2 Å². The van der Waals surface area contributed by atoms with Crippen LogP contribution in [0, 0.1) is 0 Å². The first-order valence-electron chi connectivity index (χ1n) is 3.96. The zero-order valence-corrected chi connectivity index (χ0v) is 11.4. The molecular weight excluding hydrogens is 284 g/mol. The highest BCUT2D eigenvalue weighted by Gasteiger charge is 2.25. The largest absolute Gasteiger partial charge is 0.591 e. The second-order valence-corrected chi connectivity index (χ2v) is 7.24. The third-order valence-corrected chi connectivity index (χ3v) is 4.11. The molecule has 0 amide bonds. The third-order valence-electron chi connectivity index (χ3n) is 1.28. The first-order valence-corrected chi connectivity index (χ1v) is 6.74. The van der Waals surface area contributed by atoms with Crippen LogP contribution < -0.4 is 0 Å². The molecule has 0 aromatic carbocycles. The maximum absolute atomic E-state index is 11.5. The Kier molecular flexibility index (Phi) is 4.12. The fraction of sp³-hybridized carbons (Fsp3) is 0.500. The van der Waals surface area contributed by atoms with E-state index < -0.39 is 11.4 Å². The molecule has 0 N–H and O–H groups in total. The minimum absolute atomic E-state index is 0.314. The first kappa shape index (κ1) is 12.2. The molecule has 14 heavy (non-hydrogen) atoms. The molecule has 1 rings (SSSR count). The summed E-state index contributed by atoms with van der Waals surface area (Å²) in [5.41, 5.74) is 0. The number of aromatic nitrogens is 1. The van der Waals surface area contributed by atoms with Gasteiger partial charge >= 0.3 is 0 Å². The van der Waals surface area contributed by atoms with Crippen molar-refractivity contribution in [3.05, 3.63) is 15.0 Å². The lowest BCUT2D eigenvalue weighted by Gasteiger charge is -2.17. The smallest absolute Gasteiger partial charge is 0.144 e. The van der Waals surface area contributed by atoms with Crippen LogP contribution in [0.15, 0.2) is 14.4 Å². The summed E-state index contributed by atoms with van der Waals surface area (Å²) in [6.45, 7) is 5.66. The van der Waals surface area contributed by atoms with Crippen molar-refractivity contribution in [3.63, 3.8) is 0 Å². The maximum atomic E-state index is 11.5. The van der Waals surface area contributed by atoms with Gasteiger partial charge in [0.05, 0.1) is 0 Å². The summed E-state index contributed by atoms with van der Waals surface area (Å²) in [5, 5.41) is 2.62. The van der Waals surface area contributed by atoms with Crippen LogP contribution >= 0.6 is 27.3 Å². The molecule has 0 saturated carbocycles. The van der Waals surface area contributed by atoms with Gasteiger partial charge in [0.25, 0.3) is 0 Å². The molecule has 0 aliphatic heterocycles. The Morgan fingerprint density at radius 3 is 2.71 bits per heavy atom. The van der Waals surface area contributed by atoms with Gasteiger partial charge in [-0.05, 0) is 36.7 Å². The Hall–Kier alpha value is 0.0900. The van der Waals surface area contributed by atoms with Crippen molar-refractivity contribution in [1.82, 2.24) is 4.98 Å². The van der Waals surface area contributed by atoms with E-state index in [-0.39, 0.29) is 4.75 Å². The van der Waals surface area contributed by atoms with E-state index in [1.165, 1.54) is 11.3 Å². The van der Waals surface area contributed by atoms with Gasteiger partial charge in [-0.1, -0.05) is 4.40 Å². The lowest BCUT2D eigenvalue weighted by Crippen LogP contribution is -2.25. The van der Waals surface area contributed by atoms with Gasteiger partial charge in [0.15, 0.2) is 0 Å². The molecule has 3 nitrogen and oxygen atoms in total. The van der Waals surface area contributed by atoms with Gasteiger partial charge in [-0.2, -0.15) is 0 Å². The van der Waals surface area contributed by atoms with E-state index in [1.54, 1.807) is 6.21 Å². The molecule has 0 fully saturated rings. The van der Waals surface area contributed by atoms with Crippen LogP contribution in [0.4, 0.5) is 0 Å². The van der Waals surface area contributed by atoms with Crippen LogP contribution in [0.5, 0.6) is 0 Å². The van der Waals surface area contributed by atoms with Crippen molar-refractivity contribution in [2.45, 2.75) is 25.5 Å².